The van der Waals surface area contributed by atoms with Crippen LogP contribution in [-0.4, -0.2) is 9.97 Å². The van der Waals surface area contributed by atoms with Gasteiger partial charge in [0.2, 0.25) is 0 Å². The largest absolute Gasteiger partial charge is 0.254 e. The summed E-state index contributed by atoms with van der Waals surface area (Å²) in [7, 11) is 0. The van der Waals surface area contributed by atoms with E-state index in [0.29, 0.717) is 16.6 Å². The maximum absolute atomic E-state index is 9.12. The second kappa shape index (κ2) is 9.81. The third-order valence-corrected chi connectivity index (χ3v) is 7.99. The molecule has 3 aromatic heterocycles. The fraction of sp³-hybridized carbons (Fsp3) is 0. The number of nitrogens with zero attached hydrogens (tertiary/aromatic N) is 2. The number of benzene rings is 5. The van der Waals surface area contributed by atoms with Crippen LogP contribution < -0.4 is 0 Å². The lowest BCUT2D eigenvalue weighted by Gasteiger charge is -2.13. The molecule has 0 unspecified atom stereocenters. The Morgan fingerprint density at radius 2 is 1.15 bits per heavy atom. The van der Waals surface area contributed by atoms with E-state index in [1.807, 2.05) is 66.7 Å². The molecule has 3 heterocycles. The number of fused-ring (bicyclic) bond motifs is 4. The second-order valence-corrected chi connectivity index (χ2v) is 10.4. The van der Waals surface area contributed by atoms with E-state index in [9.17, 15) is 0 Å². The highest BCUT2D eigenvalue weighted by Crippen LogP contribution is 2.38. The number of hydrogen-bond acceptors (Lipinski definition) is 3. The van der Waals surface area contributed by atoms with Gasteiger partial charge in [-0.1, -0.05) is 115 Å². The van der Waals surface area contributed by atoms with Gasteiger partial charge < -0.3 is 0 Å². The van der Waals surface area contributed by atoms with E-state index in [0.717, 1.165) is 44.1 Å². The summed E-state index contributed by atoms with van der Waals surface area (Å²) in [6.45, 7) is 0. The summed E-state index contributed by atoms with van der Waals surface area (Å²) >= 11 is 0.734. The van der Waals surface area contributed by atoms with Gasteiger partial charge in [-0.25, -0.2) is 4.98 Å². The molecular weight excluding hydrogens is 516 g/mol. The van der Waals surface area contributed by atoms with E-state index in [-0.39, 0.29) is 38.5 Å². The van der Waals surface area contributed by atoms with Crippen molar-refractivity contribution in [1.29, 1.82) is 0 Å². The van der Waals surface area contributed by atoms with Crippen molar-refractivity contribution in [1.82, 2.24) is 9.97 Å². The molecule has 41 heavy (non-hydrogen) atoms. The summed E-state index contributed by atoms with van der Waals surface area (Å²) in [5, 5.41) is 3.38. The van der Waals surface area contributed by atoms with E-state index in [1.165, 1.54) is 0 Å². The monoisotopic (exact) mass is 551 g/mol. The maximum atomic E-state index is 9.12. The third kappa shape index (κ3) is 4.19. The van der Waals surface area contributed by atoms with Crippen molar-refractivity contribution in [2.75, 3.05) is 0 Å². The number of thiophene rings is 1. The lowest BCUT2D eigenvalue weighted by atomic mass is 9.93. The molecule has 0 N–H and O–H groups in total. The van der Waals surface area contributed by atoms with Crippen molar-refractivity contribution in [3.8, 4) is 43.3 Å². The molecule has 0 aliphatic heterocycles. The predicted molar refractivity (Wildman–Crippen MR) is 174 cm³/mol. The summed E-state index contributed by atoms with van der Waals surface area (Å²) in [6, 6.07) is 17.6. The zero-order valence-corrected chi connectivity index (χ0v) is 22.1. The zero-order chi connectivity index (χ0) is 36.7. The average molecular weight is 552 g/mol. The molecule has 0 amide bonds. The first kappa shape index (κ1) is 15.0. The second-order valence-electron chi connectivity index (χ2n) is 9.38. The summed E-state index contributed by atoms with van der Waals surface area (Å²) < 4.78 is 94.5. The standard InChI is InChI=1S/C38H24N2S/c1-2-7-26(8-3-1)35-22-23-36(41-35)27-14-12-25(13-15-27)30-19-20-33(32-11-5-4-10-31(30)32)34-21-18-29-17-16-28-9-6-24-39-37(28)38(29)40-34/h1-24H/i1D,2D,3D,7D,8D,12D,13D,14D,15D,22D,23D. The topological polar surface area (TPSA) is 25.8 Å². The fourth-order valence-electron chi connectivity index (χ4n) is 5.03. The Morgan fingerprint density at radius 1 is 0.512 bits per heavy atom. The van der Waals surface area contributed by atoms with Crippen molar-refractivity contribution in [3.63, 3.8) is 0 Å². The van der Waals surface area contributed by atoms with E-state index < -0.39 is 54.4 Å². The Morgan fingerprint density at radius 3 is 1.93 bits per heavy atom. The first-order chi connectivity index (χ1) is 24.9. The van der Waals surface area contributed by atoms with Crippen LogP contribution in [0.3, 0.4) is 0 Å². The molecule has 192 valence electrons. The molecule has 0 aliphatic rings. The van der Waals surface area contributed by atoms with Crippen molar-refractivity contribution < 1.29 is 15.1 Å². The summed E-state index contributed by atoms with van der Waals surface area (Å²) in [5.41, 5.74) is 3.11. The van der Waals surface area contributed by atoms with Crippen LogP contribution in [-0.2, 0) is 0 Å². The molecule has 5 aromatic carbocycles. The molecule has 8 aromatic rings. The van der Waals surface area contributed by atoms with Gasteiger partial charge in [0.25, 0.3) is 0 Å². The molecule has 3 heteroatoms. The smallest absolute Gasteiger partial charge is 0.0972 e. The Bertz CT molecular complexity index is 2780. The fourth-order valence-corrected chi connectivity index (χ4v) is 5.85. The van der Waals surface area contributed by atoms with Gasteiger partial charge in [-0.05, 0) is 57.2 Å². The Balaban J connectivity index is 1.30. The van der Waals surface area contributed by atoms with Gasteiger partial charge in [0, 0.05) is 32.3 Å². The van der Waals surface area contributed by atoms with Gasteiger partial charge in [0.15, 0.2) is 0 Å². The molecule has 0 bridgehead atoms. The van der Waals surface area contributed by atoms with Crippen LogP contribution in [0.25, 0.3) is 75.8 Å². The highest BCUT2D eigenvalue weighted by molar-refractivity contribution is 7.18. The Hall–Kier alpha value is -5.12. The van der Waals surface area contributed by atoms with Crippen molar-refractivity contribution in [2.24, 2.45) is 0 Å². The van der Waals surface area contributed by atoms with Crippen molar-refractivity contribution in [2.45, 2.75) is 0 Å². The van der Waals surface area contributed by atoms with Gasteiger partial charge in [0.1, 0.15) is 0 Å². The Kier molecular flexibility index (Phi) is 3.60. The number of rotatable bonds is 4. The van der Waals surface area contributed by atoms with Crippen molar-refractivity contribution >= 4 is 43.9 Å². The molecule has 0 radical (unpaired) electrons. The van der Waals surface area contributed by atoms with Crippen LogP contribution in [0.1, 0.15) is 15.1 Å². The van der Waals surface area contributed by atoms with Gasteiger partial charge in [-0.15, -0.1) is 11.3 Å². The maximum Gasteiger partial charge on any atom is 0.0972 e. The highest BCUT2D eigenvalue weighted by Gasteiger charge is 2.13. The molecule has 0 atom stereocenters. The van der Waals surface area contributed by atoms with Crippen LogP contribution in [0.2, 0.25) is 0 Å². The molecule has 2 nitrogen and oxygen atoms in total. The summed E-state index contributed by atoms with van der Waals surface area (Å²) in [4.78, 5) is 9.42. The lowest BCUT2D eigenvalue weighted by molar-refractivity contribution is 1.37. The van der Waals surface area contributed by atoms with Crippen LogP contribution in [0, 0.1) is 0 Å². The summed E-state index contributed by atoms with van der Waals surface area (Å²) in [6.07, 6.45) is 1.73. The van der Waals surface area contributed by atoms with E-state index in [2.05, 4.69) is 4.98 Å². The minimum atomic E-state index is -0.594. The molecule has 0 spiro atoms. The molecule has 8 rings (SSSR count). The quantitative estimate of drug-likeness (QED) is 0.203. The van der Waals surface area contributed by atoms with Crippen LogP contribution in [0.5, 0.6) is 0 Å². The minimum Gasteiger partial charge on any atom is -0.254 e. The van der Waals surface area contributed by atoms with Crippen LogP contribution in [0.4, 0.5) is 0 Å². The average Bonchev–Trinajstić information content (AvgIpc) is 3.44. The minimum absolute atomic E-state index is 0.0585. The van der Waals surface area contributed by atoms with Crippen LogP contribution >= 0.6 is 11.3 Å². The van der Waals surface area contributed by atoms with E-state index >= 15 is 0 Å². The molecule has 0 saturated carbocycles. The predicted octanol–water partition coefficient (Wildman–Crippen LogP) is 10.7. The van der Waals surface area contributed by atoms with Gasteiger partial charge in [-0.2, -0.15) is 0 Å². The SMILES string of the molecule is [2H]c1c(-c2c([2H])c([2H])c([2H])c([2H])c2[2H])sc(-c2c([2H])c([2H])c(-c3ccc(-c4ccc5ccc6cccnc6c5n4)c4ccccc34)c([2H])c2[2H])c1[2H]. The van der Waals surface area contributed by atoms with E-state index in [4.69, 9.17) is 20.1 Å². The first-order valence-electron chi connectivity index (χ1n) is 18.4. The normalized spacial score (nSPS) is 15.2. The summed E-state index contributed by atoms with van der Waals surface area (Å²) in [5.74, 6) is 0. The van der Waals surface area contributed by atoms with Gasteiger partial charge in [-0.3, -0.25) is 4.98 Å². The third-order valence-electron chi connectivity index (χ3n) is 6.97. The molecular formula is C38H24N2S. The highest BCUT2D eigenvalue weighted by atomic mass is 32.1. The van der Waals surface area contributed by atoms with Gasteiger partial charge >= 0.3 is 0 Å². The van der Waals surface area contributed by atoms with E-state index in [1.54, 1.807) is 12.3 Å². The van der Waals surface area contributed by atoms with Crippen LogP contribution in [0.15, 0.2) is 145 Å². The number of hydrogen-bond donors (Lipinski definition) is 0. The number of pyridine rings is 2. The first-order valence-corrected chi connectivity index (χ1v) is 13.7. The molecule has 0 saturated heterocycles. The lowest BCUT2D eigenvalue weighted by Crippen LogP contribution is -1.91. The Labute approximate surface area is 257 Å². The van der Waals surface area contributed by atoms with Gasteiger partial charge in [0.05, 0.1) is 31.8 Å². The molecule has 0 fully saturated rings. The molecule has 0 aliphatic carbocycles. The zero-order valence-electron chi connectivity index (χ0n) is 32.3. The van der Waals surface area contributed by atoms with Crippen molar-refractivity contribution in [3.05, 3.63) is 145 Å². The number of aromatic nitrogens is 2.